The molecule has 0 aliphatic carbocycles. The van der Waals surface area contributed by atoms with Crippen molar-refractivity contribution in [3.8, 4) is 5.75 Å². The van der Waals surface area contributed by atoms with Crippen molar-refractivity contribution in [1.82, 2.24) is 19.7 Å². The van der Waals surface area contributed by atoms with Gasteiger partial charge < -0.3 is 14.6 Å². The lowest BCUT2D eigenvalue weighted by molar-refractivity contribution is -0.115. The molecule has 0 spiro atoms. The molecule has 2 aromatic heterocycles. The molecule has 0 unspecified atom stereocenters. The Morgan fingerprint density at radius 1 is 1.13 bits per heavy atom. The average molecular weight is 436 g/mol. The Labute approximate surface area is 185 Å². The van der Waals surface area contributed by atoms with Crippen molar-refractivity contribution in [2.45, 2.75) is 43.6 Å². The van der Waals surface area contributed by atoms with Gasteiger partial charge in [0.2, 0.25) is 11.1 Å². The molecule has 0 aliphatic rings. The normalized spacial score (nSPS) is 12.4. The third-order valence-corrected chi connectivity index (χ3v) is 6.30. The molecule has 4 aromatic rings. The van der Waals surface area contributed by atoms with Gasteiger partial charge in [0.1, 0.15) is 11.3 Å². The first-order valence-electron chi connectivity index (χ1n) is 10.3. The first-order valence-corrected chi connectivity index (χ1v) is 11.1. The largest absolute Gasteiger partial charge is 0.495 e. The van der Waals surface area contributed by atoms with Gasteiger partial charge in [-0.3, -0.25) is 4.79 Å². The molecule has 1 N–H and O–H groups in total. The number of fused-ring (bicyclic) bond motifs is 3. The molecule has 2 aromatic carbocycles. The van der Waals surface area contributed by atoms with Gasteiger partial charge in [0.25, 0.3) is 0 Å². The van der Waals surface area contributed by atoms with Crippen LogP contribution >= 0.6 is 11.8 Å². The number of ether oxygens (including phenoxy) is 1. The standard InChI is InChI=1S/C23H25N5O2S/c1-5-19(22(29)24-16-11-7-9-13-18(16)30-4)31-23-25-21-20(26-27-23)15-10-6-8-12-17(15)28(21)14(2)3/h6-14,19H,5H2,1-4H3,(H,24,29)/t19-/m0/s1. The Morgan fingerprint density at radius 3 is 2.61 bits per heavy atom. The minimum atomic E-state index is -0.360. The highest BCUT2D eigenvalue weighted by atomic mass is 32.2. The fraction of sp³-hybridized carbons (Fsp3) is 0.304. The number of thioether (sulfide) groups is 1. The minimum Gasteiger partial charge on any atom is -0.495 e. The number of rotatable bonds is 7. The van der Waals surface area contributed by atoms with E-state index in [1.807, 2.05) is 49.4 Å². The molecular weight excluding hydrogens is 410 g/mol. The smallest absolute Gasteiger partial charge is 0.238 e. The van der Waals surface area contributed by atoms with Crippen molar-refractivity contribution in [2.24, 2.45) is 0 Å². The second-order valence-corrected chi connectivity index (χ2v) is 8.62. The summed E-state index contributed by atoms with van der Waals surface area (Å²) < 4.78 is 7.50. The van der Waals surface area contributed by atoms with E-state index in [9.17, 15) is 4.79 Å². The number of carbonyl (C=O) groups is 1. The van der Waals surface area contributed by atoms with E-state index < -0.39 is 0 Å². The Hall–Kier alpha value is -3.13. The number of benzene rings is 2. The number of methoxy groups -OCH3 is 1. The summed E-state index contributed by atoms with van der Waals surface area (Å²) in [4.78, 5) is 17.7. The lowest BCUT2D eigenvalue weighted by Crippen LogP contribution is -2.25. The topological polar surface area (TPSA) is 81.9 Å². The van der Waals surface area contributed by atoms with Crippen molar-refractivity contribution < 1.29 is 9.53 Å². The van der Waals surface area contributed by atoms with Crippen LogP contribution in [0.2, 0.25) is 0 Å². The zero-order valence-corrected chi connectivity index (χ0v) is 18.8. The van der Waals surface area contributed by atoms with Gasteiger partial charge in [0, 0.05) is 11.4 Å². The van der Waals surface area contributed by atoms with E-state index in [-0.39, 0.29) is 17.2 Å². The van der Waals surface area contributed by atoms with Gasteiger partial charge in [-0.15, -0.1) is 10.2 Å². The van der Waals surface area contributed by atoms with Gasteiger partial charge in [0.15, 0.2) is 5.65 Å². The van der Waals surface area contributed by atoms with E-state index in [0.29, 0.717) is 23.0 Å². The molecule has 0 saturated heterocycles. The zero-order chi connectivity index (χ0) is 22.0. The molecule has 0 saturated carbocycles. The average Bonchev–Trinajstić information content (AvgIpc) is 3.11. The number of aromatic nitrogens is 4. The van der Waals surface area contributed by atoms with E-state index in [1.165, 1.54) is 11.8 Å². The summed E-state index contributed by atoms with van der Waals surface area (Å²) in [6.45, 7) is 6.21. The van der Waals surface area contributed by atoms with Crippen molar-refractivity contribution >= 4 is 45.4 Å². The fourth-order valence-corrected chi connectivity index (χ4v) is 4.44. The molecule has 1 amide bonds. The number of nitrogens with zero attached hydrogens (tertiary/aromatic N) is 4. The summed E-state index contributed by atoms with van der Waals surface area (Å²) in [6.07, 6.45) is 0.625. The summed E-state index contributed by atoms with van der Waals surface area (Å²) in [5, 5.41) is 12.9. The lowest BCUT2D eigenvalue weighted by atomic mass is 10.2. The Bertz CT molecular complexity index is 1240. The molecule has 160 valence electrons. The van der Waals surface area contributed by atoms with Gasteiger partial charge in [-0.2, -0.15) is 0 Å². The second kappa shape index (κ2) is 8.93. The van der Waals surface area contributed by atoms with Crippen LogP contribution in [-0.4, -0.2) is 38.0 Å². The summed E-state index contributed by atoms with van der Waals surface area (Å²) in [7, 11) is 1.58. The summed E-state index contributed by atoms with van der Waals surface area (Å²) in [5.74, 6) is 0.501. The van der Waals surface area contributed by atoms with Crippen LogP contribution in [0.5, 0.6) is 5.75 Å². The van der Waals surface area contributed by atoms with Gasteiger partial charge in [0.05, 0.1) is 23.6 Å². The summed E-state index contributed by atoms with van der Waals surface area (Å²) >= 11 is 1.32. The van der Waals surface area contributed by atoms with Crippen LogP contribution in [0.25, 0.3) is 22.1 Å². The molecule has 0 fully saturated rings. The molecule has 4 rings (SSSR count). The van der Waals surface area contributed by atoms with Crippen LogP contribution in [0.3, 0.4) is 0 Å². The van der Waals surface area contributed by atoms with Gasteiger partial charge in [-0.05, 0) is 38.5 Å². The molecule has 0 bridgehead atoms. The van der Waals surface area contributed by atoms with Gasteiger partial charge in [-0.25, -0.2) is 4.98 Å². The Morgan fingerprint density at radius 2 is 1.87 bits per heavy atom. The number of carbonyl (C=O) groups excluding carboxylic acids is 1. The van der Waals surface area contributed by atoms with Gasteiger partial charge in [-0.1, -0.05) is 49.0 Å². The van der Waals surface area contributed by atoms with Crippen LogP contribution in [0, 0.1) is 0 Å². The van der Waals surface area contributed by atoms with E-state index in [2.05, 4.69) is 40.0 Å². The quantitative estimate of drug-likeness (QED) is 0.408. The molecule has 8 heteroatoms. The Kier molecular flexibility index (Phi) is 6.08. The van der Waals surface area contributed by atoms with E-state index in [4.69, 9.17) is 9.72 Å². The van der Waals surface area contributed by atoms with Crippen molar-refractivity contribution in [3.63, 3.8) is 0 Å². The SMILES string of the molecule is CC[C@H](Sc1nnc2c3ccccc3n(C(C)C)c2n1)C(=O)Nc1ccccc1OC. The third-order valence-electron chi connectivity index (χ3n) is 5.09. The van der Waals surface area contributed by atoms with Crippen LogP contribution in [0.15, 0.2) is 53.7 Å². The van der Waals surface area contributed by atoms with Crippen LogP contribution < -0.4 is 10.1 Å². The van der Waals surface area contributed by atoms with E-state index in [1.54, 1.807) is 7.11 Å². The maximum Gasteiger partial charge on any atom is 0.238 e. The van der Waals surface area contributed by atoms with Crippen molar-refractivity contribution in [1.29, 1.82) is 0 Å². The first kappa shape index (κ1) is 21.1. The molecule has 31 heavy (non-hydrogen) atoms. The van der Waals surface area contributed by atoms with Gasteiger partial charge >= 0.3 is 0 Å². The predicted molar refractivity (Wildman–Crippen MR) is 125 cm³/mol. The van der Waals surface area contributed by atoms with Crippen LogP contribution in [0.1, 0.15) is 33.2 Å². The fourth-order valence-electron chi connectivity index (χ4n) is 3.63. The second-order valence-electron chi connectivity index (χ2n) is 7.45. The number of amides is 1. The van der Waals surface area contributed by atoms with E-state index >= 15 is 0 Å². The summed E-state index contributed by atoms with van der Waals surface area (Å²) in [5.41, 5.74) is 3.29. The maximum atomic E-state index is 12.9. The molecule has 0 aliphatic heterocycles. The number of para-hydroxylation sites is 3. The van der Waals surface area contributed by atoms with Crippen LogP contribution in [0.4, 0.5) is 5.69 Å². The van der Waals surface area contributed by atoms with E-state index in [0.717, 1.165) is 22.1 Å². The zero-order valence-electron chi connectivity index (χ0n) is 18.0. The van der Waals surface area contributed by atoms with Crippen molar-refractivity contribution in [2.75, 3.05) is 12.4 Å². The number of anilines is 1. The predicted octanol–water partition coefficient (Wildman–Crippen LogP) is 5.08. The van der Waals surface area contributed by atoms with Crippen LogP contribution in [-0.2, 0) is 4.79 Å². The first-order chi connectivity index (χ1) is 15.0. The number of hydrogen-bond donors (Lipinski definition) is 1. The molecule has 0 radical (unpaired) electrons. The highest BCUT2D eigenvalue weighted by Gasteiger charge is 2.23. The highest BCUT2D eigenvalue weighted by molar-refractivity contribution is 8.00. The minimum absolute atomic E-state index is 0.120. The molecule has 7 nitrogen and oxygen atoms in total. The van der Waals surface area contributed by atoms with Crippen molar-refractivity contribution in [3.05, 3.63) is 48.5 Å². The molecule has 1 atom stereocenters. The number of hydrogen-bond acceptors (Lipinski definition) is 6. The highest BCUT2D eigenvalue weighted by Crippen LogP contribution is 2.31. The Balaban J connectivity index is 1.64. The maximum absolute atomic E-state index is 12.9. The number of nitrogens with one attached hydrogen (secondary N) is 1. The lowest BCUT2D eigenvalue weighted by Gasteiger charge is -2.15. The molecule has 2 heterocycles. The molecular formula is C23H25N5O2S. The third kappa shape index (κ3) is 4.07. The summed E-state index contributed by atoms with van der Waals surface area (Å²) in [6, 6.07) is 15.7. The monoisotopic (exact) mass is 435 g/mol.